The van der Waals surface area contributed by atoms with Gasteiger partial charge in [0.1, 0.15) is 29.3 Å². The lowest BCUT2D eigenvalue weighted by Gasteiger charge is -2.23. The van der Waals surface area contributed by atoms with Crippen LogP contribution in [0.15, 0.2) is 71.0 Å². The van der Waals surface area contributed by atoms with Crippen molar-refractivity contribution in [3.05, 3.63) is 80.9 Å². The summed E-state index contributed by atoms with van der Waals surface area (Å²) in [5, 5.41) is 16.3. The van der Waals surface area contributed by atoms with E-state index in [4.69, 9.17) is 14.2 Å². The summed E-state index contributed by atoms with van der Waals surface area (Å²) in [6.45, 7) is 1.71. The molecule has 43 heavy (non-hydrogen) atoms. The lowest BCUT2D eigenvalue weighted by atomic mass is 10.0. The fourth-order valence-corrected chi connectivity index (χ4v) is 5.70. The Kier molecular flexibility index (Phi) is 9.75. The largest absolute Gasteiger partial charge is 0.496 e. The van der Waals surface area contributed by atoms with Gasteiger partial charge in [-0.25, -0.2) is 4.79 Å². The molecule has 6 rings (SSSR count). The molecule has 0 spiro atoms. The molecule has 3 heterocycles. The number of nitrogens with zero attached hydrogens (tertiary/aromatic N) is 3. The summed E-state index contributed by atoms with van der Waals surface area (Å²) in [6.07, 6.45) is 2.29. The maximum Gasteiger partial charge on any atom is 0.328 e. The van der Waals surface area contributed by atoms with Crippen LogP contribution in [0.3, 0.4) is 0 Å². The van der Waals surface area contributed by atoms with E-state index in [1.165, 1.54) is 7.11 Å². The van der Waals surface area contributed by atoms with Gasteiger partial charge in [0.15, 0.2) is 5.75 Å². The Morgan fingerprint density at radius 2 is 1.72 bits per heavy atom. The molecular weight excluding hydrogens is 665 g/mol. The highest BCUT2D eigenvalue weighted by atomic mass is 127. The smallest absolute Gasteiger partial charge is 0.328 e. The molecule has 3 aliphatic heterocycles. The van der Waals surface area contributed by atoms with Crippen molar-refractivity contribution in [1.82, 2.24) is 15.6 Å². The fraction of sp³-hybridized carbons (Fsp3) is 0.323. The molecular formula is C31H32IN5O6. The minimum Gasteiger partial charge on any atom is -0.496 e. The highest BCUT2D eigenvalue weighted by Crippen LogP contribution is 2.34. The molecule has 1 saturated heterocycles. The normalized spacial score (nSPS) is 19.1. The molecule has 224 valence electrons. The average Bonchev–Trinajstić information content (AvgIpc) is 3.53. The van der Waals surface area contributed by atoms with Crippen molar-refractivity contribution in [2.24, 2.45) is 10.3 Å². The number of methoxy groups -OCH3 is 2. The summed E-state index contributed by atoms with van der Waals surface area (Å²) in [6, 6.07) is 15.7. The van der Waals surface area contributed by atoms with Crippen LogP contribution in [0, 0.1) is 3.57 Å². The summed E-state index contributed by atoms with van der Waals surface area (Å²) < 4.78 is 17.3. The number of benzene rings is 3. The van der Waals surface area contributed by atoms with Gasteiger partial charge in [0.05, 0.1) is 24.2 Å². The first-order valence-corrected chi connectivity index (χ1v) is 15.0. The van der Waals surface area contributed by atoms with Gasteiger partial charge in [0, 0.05) is 19.5 Å². The Balaban J connectivity index is 1.52. The van der Waals surface area contributed by atoms with E-state index in [0.29, 0.717) is 34.1 Å². The molecule has 2 N–H and O–H groups in total. The molecule has 3 aromatic rings. The Morgan fingerprint density at radius 3 is 2.42 bits per heavy atom. The topological polar surface area (TPSA) is 131 Å². The molecule has 2 amide bonds. The molecule has 4 bridgehead atoms. The van der Waals surface area contributed by atoms with Gasteiger partial charge in [-0.05, 0) is 88.5 Å². The minimum atomic E-state index is -1.08. The summed E-state index contributed by atoms with van der Waals surface area (Å²) in [7, 11) is 2.82. The van der Waals surface area contributed by atoms with Gasteiger partial charge in [-0.1, -0.05) is 29.5 Å². The van der Waals surface area contributed by atoms with Crippen molar-refractivity contribution in [3.63, 3.8) is 0 Å². The number of esters is 1. The first-order valence-electron chi connectivity index (χ1n) is 13.9. The Hall–Kier alpha value is -4.20. The quantitative estimate of drug-likeness (QED) is 0.223. The third-order valence-corrected chi connectivity index (χ3v) is 8.06. The predicted molar refractivity (Wildman–Crippen MR) is 166 cm³/mol. The van der Waals surface area contributed by atoms with Crippen LogP contribution in [0.4, 0.5) is 5.69 Å². The lowest BCUT2D eigenvalue weighted by molar-refractivity contribution is -0.145. The maximum absolute atomic E-state index is 13.7. The number of carbonyl (C=O) groups is 3. The van der Waals surface area contributed by atoms with Crippen molar-refractivity contribution in [2.45, 2.75) is 37.8 Å². The Labute approximate surface area is 263 Å². The van der Waals surface area contributed by atoms with Gasteiger partial charge in [-0.15, -0.1) is 5.11 Å². The zero-order valence-electron chi connectivity index (χ0n) is 23.8. The van der Waals surface area contributed by atoms with Gasteiger partial charge in [-0.3, -0.25) is 14.6 Å². The third kappa shape index (κ3) is 7.61. The van der Waals surface area contributed by atoms with Crippen LogP contribution < -0.4 is 20.1 Å². The molecule has 0 unspecified atom stereocenters. The van der Waals surface area contributed by atoms with E-state index in [-0.39, 0.29) is 12.8 Å². The summed E-state index contributed by atoms with van der Waals surface area (Å²) in [5.41, 5.74) is 2.49. The molecule has 1 fully saturated rings. The third-order valence-electron chi connectivity index (χ3n) is 7.22. The number of fused-ring (bicyclic) bond motifs is 9. The van der Waals surface area contributed by atoms with E-state index in [0.717, 1.165) is 35.1 Å². The molecule has 11 nitrogen and oxygen atoms in total. The zero-order valence-corrected chi connectivity index (χ0v) is 26.0. The number of hydrogen-bond acceptors (Lipinski definition) is 8. The molecule has 3 aromatic carbocycles. The van der Waals surface area contributed by atoms with E-state index in [1.54, 1.807) is 55.6 Å². The van der Waals surface area contributed by atoms with Crippen LogP contribution in [-0.2, 0) is 32.0 Å². The summed E-state index contributed by atoms with van der Waals surface area (Å²) in [4.78, 5) is 39.8. The lowest BCUT2D eigenvalue weighted by Crippen LogP contribution is -2.48. The van der Waals surface area contributed by atoms with Crippen molar-refractivity contribution < 1.29 is 28.6 Å². The van der Waals surface area contributed by atoms with Crippen LogP contribution in [0.25, 0.3) is 0 Å². The SMILES string of the molecule is COC(=O)[C@@H]1Cc2ccc(cc2)Oc2cc(ccc2N=NN2CCCC2)CC(=O)N[C@H](c2ccc(OC)c(I)c2)C(=O)N1. The number of nitrogens with one attached hydrogen (secondary N) is 2. The van der Waals surface area contributed by atoms with Crippen LogP contribution in [0.5, 0.6) is 17.2 Å². The van der Waals surface area contributed by atoms with Crippen LogP contribution in [-0.4, -0.2) is 56.1 Å². The highest BCUT2D eigenvalue weighted by molar-refractivity contribution is 14.1. The van der Waals surface area contributed by atoms with Gasteiger partial charge >= 0.3 is 5.97 Å². The second-order valence-electron chi connectivity index (χ2n) is 10.3. The first kappa shape index (κ1) is 30.3. The fourth-order valence-electron chi connectivity index (χ4n) is 4.94. The highest BCUT2D eigenvalue weighted by Gasteiger charge is 2.29. The van der Waals surface area contributed by atoms with Crippen molar-refractivity contribution in [2.75, 3.05) is 27.3 Å². The maximum atomic E-state index is 13.7. The molecule has 0 aromatic heterocycles. The molecule has 3 aliphatic rings. The molecule has 12 heteroatoms. The van der Waals surface area contributed by atoms with Crippen molar-refractivity contribution >= 4 is 46.1 Å². The van der Waals surface area contributed by atoms with Gasteiger partial charge in [0.25, 0.3) is 0 Å². The average molecular weight is 698 g/mol. The number of hydrogen-bond donors (Lipinski definition) is 2. The van der Waals surface area contributed by atoms with E-state index in [9.17, 15) is 14.4 Å². The number of amides is 2. The standard InChI is InChI=1S/C31H32IN5O6/c1-41-26-12-8-21(18-23(26)32)29-30(39)33-25(31(40)42-2)15-19-5-9-22(10-6-19)43-27-16-20(17-28(38)34-29)7-11-24(27)35-36-37-13-3-4-14-37/h5-12,16,18,25,29H,3-4,13-15,17H2,1-2H3,(H,33,39)(H,34,38)/t25-,29+/m0/s1. The van der Waals surface area contributed by atoms with E-state index >= 15 is 0 Å². The summed E-state index contributed by atoms with van der Waals surface area (Å²) >= 11 is 2.11. The molecule has 0 aliphatic carbocycles. The van der Waals surface area contributed by atoms with Crippen molar-refractivity contribution in [3.8, 4) is 17.2 Å². The number of carbonyl (C=O) groups excluding carboxylic acids is 3. The first-order chi connectivity index (χ1) is 20.8. The van der Waals surface area contributed by atoms with E-state index < -0.39 is 29.9 Å². The van der Waals surface area contributed by atoms with E-state index in [1.807, 2.05) is 17.1 Å². The van der Waals surface area contributed by atoms with E-state index in [2.05, 4.69) is 43.6 Å². The minimum absolute atomic E-state index is 0.0314. The Morgan fingerprint density at radius 1 is 0.977 bits per heavy atom. The second-order valence-corrected chi connectivity index (χ2v) is 11.4. The summed E-state index contributed by atoms with van der Waals surface area (Å²) in [5.74, 6) is 0.0767. The zero-order chi connectivity index (χ0) is 30.3. The molecule has 0 radical (unpaired) electrons. The molecule has 2 atom stereocenters. The number of ether oxygens (including phenoxy) is 3. The van der Waals surface area contributed by atoms with Gasteiger partial charge in [0.2, 0.25) is 11.8 Å². The number of halogens is 1. The molecule has 0 saturated carbocycles. The monoisotopic (exact) mass is 697 g/mol. The van der Waals surface area contributed by atoms with Crippen LogP contribution in [0.1, 0.15) is 35.6 Å². The second kappa shape index (κ2) is 13.8. The Bertz CT molecular complexity index is 1520. The van der Waals surface area contributed by atoms with Gasteiger partial charge in [-0.2, -0.15) is 0 Å². The van der Waals surface area contributed by atoms with Crippen LogP contribution >= 0.6 is 22.6 Å². The predicted octanol–water partition coefficient (Wildman–Crippen LogP) is 4.80. The van der Waals surface area contributed by atoms with Crippen molar-refractivity contribution in [1.29, 1.82) is 0 Å². The van der Waals surface area contributed by atoms with Gasteiger partial charge < -0.3 is 24.8 Å². The number of rotatable bonds is 5. The van der Waals surface area contributed by atoms with Crippen LogP contribution in [0.2, 0.25) is 0 Å².